The molecule has 1 atom stereocenters. The van der Waals surface area contributed by atoms with Crippen molar-refractivity contribution in [2.45, 2.75) is 31.6 Å². The first-order valence-electron chi connectivity index (χ1n) is 11.8. The molecule has 0 saturated carbocycles. The summed E-state index contributed by atoms with van der Waals surface area (Å²) in [6.45, 7) is 2.79. The van der Waals surface area contributed by atoms with Crippen molar-refractivity contribution < 1.29 is 37.3 Å². The van der Waals surface area contributed by atoms with Gasteiger partial charge in [0.15, 0.2) is 0 Å². The molecule has 0 spiro atoms. The number of carboxylic acid groups (broad SMARTS) is 1. The van der Waals surface area contributed by atoms with Gasteiger partial charge in [-0.2, -0.15) is 13.2 Å². The lowest BCUT2D eigenvalue weighted by Gasteiger charge is -2.45. The number of carbonyl (C=O) groups excluding carboxylic acids is 2. The number of hydrogen-bond donors (Lipinski definition) is 3. The summed E-state index contributed by atoms with van der Waals surface area (Å²) < 4.78 is 49.2. The fraction of sp³-hybridized carbons (Fsp3) is 0.440. The van der Waals surface area contributed by atoms with E-state index in [1.807, 2.05) is 4.90 Å². The zero-order valence-corrected chi connectivity index (χ0v) is 21.6. The van der Waals surface area contributed by atoms with E-state index in [0.29, 0.717) is 43.9 Å². The van der Waals surface area contributed by atoms with Gasteiger partial charge in [0, 0.05) is 25.7 Å². The lowest BCUT2D eigenvalue weighted by atomic mass is 9.94. The maximum atomic E-state index is 12.8. The predicted octanol–water partition coefficient (Wildman–Crippen LogP) is 3.12. The molecule has 1 fully saturated rings. The summed E-state index contributed by atoms with van der Waals surface area (Å²) in [5.41, 5.74) is 4.32. The van der Waals surface area contributed by atoms with E-state index in [-0.39, 0.29) is 34.8 Å². The molecular weight excluding hydrogens is 529 g/mol. The minimum Gasteiger partial charge on any atom is -0.530 e. The number of carbonyl (C=O) groups is 2. The number of anilines is 1. The smallest absolute Gasteiger partial charge is 0.416 e. The average Bonchev–Trinajstić information content (AvgIpc) is 2.87. The monoisotopic (exact) mass is 557 g/mol. The van der Waals surface area contributed by atoms with Crippen molar-refractivity contribution in [1.29, 1.82) is 0 Å². The van der Waals surface area contributed by atoms with Gasteiger partial charge in [-0.15, -0.1) is 0 Å². The van der Waals surface area contributed by atoms with E-state index in [1.165, 1.54) is 31.4 Å². The Morgan fingerprint density at radius 1 is 1.18 bits per heavy atom. The van der Waals surface area contributed by atoms with E-state index in [1.54, 1.807) is 6.92 Å². The summed E-state index contributed by atoms with van der Waals surface area (Å²) in [7, 11) is 1.42. The zero-order chi connectivity index (χ0) is 28.1. The molecule has 0 radical (unpaired) electrons. The van der Waals surface area contributed by atoms with Gasteiger partial charge in [0.25, 0.3) is 5.91 Å². The normalized spacial score (nSPS) is 16.4. The largest absolute Gasteiger partial charge is 0.530 e. The summed E-state index contributed by atoms with van der Waals surface area (Å²) >= 11 is 6.05. The van der Waals surface area contributed by atoms with Gasteiger partial charge in [0.1, 0.15) is 29.9 Å². The summed E-state index contributed by atoms with van der Waals surface area (Å²) in [5.74, 6) is 0.226. The van der Waals surface area contributed by atoms with Crippen LogP contribution in [0.1, 0.15) is 35.7 Å². The SMILES string of the molecule is COc1cc(N)c(Cl)cc1C(=O)NCC1CCN(C(C)(COc2ccc(C(F)(F)F)cc2)NC(=O)[O-])CC1. The predicted molar refractivity (Wildman–Crippen MR) is 133 cm³/mol. The number of benzene rings is 2. The van der Waals surface area contributed by atoms with Crippen molar-refractivity contribution in [3.63, 3.8) is 0 Å². The summed E-state index contributed by atoms with van der Waals surface area (Å²) in [4.78, 5) is 26.0. The number of amides is 2. The quantitative estimate of drug-likeness (QED) is 0.404. The Morgan fingerprint density at radius 2 is 1.82 bits per heavy atom. The van der Waals surface area contributed by atoms with Gasteiger partial charge in [0.05, 0.1) is 28.9 Å². The van der Waals surface area contributed by atoms with E-state index in [4.69, 9.17) is 26.8 Å². The van der Waals surface area contributed by atoms with Crippen molar-refractivity contribution in [3.8, 4) is 11.5 Å². The van der Waals surface area contributed by atoms with Crippen LogP contribution in [-0.4, -0.2) is 55.9 Å². The molecule has 3 rings (SSSR count). The highest BCUT2D eigenvalue weighted by Crippen LogP contribution is 2.31. The lowest BCUT2D eigenvalue weighted by molar-refractivity contribution is -0.255. The Morgan fingerprint density at radius 3 is 2.37 bits per heavy atom. The summed E-state index contributed by atoms with van der Waals surface area (Å²) in [6.07, 6.45) is -4.69. The molecule has 1 heterocycles. The maximum absolute atomic E-state index is 12.8. The number of piperidine rings is 1. The van der Waals surface area contributed by atoms with Crippen LogP contribution in [0.2, 0.25) is 5.02 Å². The van der Waals surface area contributed by atoms with E-state index < -0.39 is 23.5 Å². The molecule has 2 amide bonds. The van der Waals surface area contributed by atoms with Crippen molar-refractivity contribution in [3.05, 3.63) is 52.5 Å². The molecule has 0 bridgehead atoms. The Bertz CT molecular complexity index is 1140. The fourth-order valence-corrected chi connectivity index (χ4v) is 4.43. The first kappa shape index (κ1) is 29.2. The second-order valence-corrected chi connectivity index (χ2v) is 9.62. The van der Waals surface area contributed by atoms with Crippen molar-refractivity contribution in [2.24, 2.45) is 5.92 Å². The number of nitrogen functional groups attached to an aromatic ring is 1. The fourth-order valence-electron chi connectivity index (χ4n) is 4.27. The molecule has 2 aromatic carbocycles. The number of halogens is 4. The van der Waals surface area contributed by atoms with Gasteiger partial charge in [-0.1, -0.05) is 11.6 Å². The van der Waals surface area contributed by atoms with Crippen LogP contribution in [0, 0.1) is 5.92 Å². The highest BCUT2D eigenvalue weighted by molar-refractivity contribution is 6.33. The molecule has 38 heavy (non-hydrogen) atoms. The lowest BCUT2D eigenvalue weighted by Crippen LogP contribution is -2.65. The van der Waals surface area contributed by atoms with E-state index in [9.17, 15) is 27.9 Å². The Balaban J connectivity index is 1.57. The van der Waals surface area contributed by atoms with Crippen molar-refractivity contribution >= 4 is 29.3 Å². The number of methoxy groups -OCH3 is 1. The zero-order valence-electron chi connectivity index (χ0n) is 20.9. The molecule has 1 unspecified atom stereocenters. The van der Waals surface area contributed by atoms with Gasteiger partial charge in [-0.05, 0) is 56.0 Å². The van der Waals surface area contributed by atoms with E-state index >= 15 is 0 Å². The van der Waals surface area contributed by atoms with Crippen LogP contribution in [0.4, 0.5) is 23.7 Å². The first-order chi connectivity index (χ1) is 17.8. The number of nitrogens with zero attached hydrogens (tertiary/aromatic N) is 1. The van der Waals surface area contributed by atoms with Gasteiger partial charge >= 0.3 is 6.18 Å². The Kier molecular flexibility index (Phi) is 9.21. The van der Waals surface area contributed by atoms with Gasteiger partial charge in [0.2, 0.25) is 0 Å². The van der Waals surface area contributed by atoms with E-state index in [2.05, 4.69) is 10.6 Å². The summed E-state index contributed by atoms with van der Waals surface area (Å²) in [5, 5.41) is 16.9. The number of ether oxygens (including phenoxy) is 2. The maximum Gasteiger partial charge on any atom is 0.416 e. The molecule has 1 aliphatic rings. The average molecular weight is 558 g/mol. The van der Waals surface area contributed by atoms with Gasteiger partial charge in [-0.25, -0.2) is 0 Å². The van der Waals surface area contributed by atoms with Crippen LogP contribution in [0.5, 0.6) is 11.5 Å². The van der Waals surface area contributed by atoms with Crippen molar-refractivity contribution in [2.75, 3.05) is 39.1 Å². The minimum absolute atomic E-state index is 0.119. The Hall–Kier alpha value is -3.38. The van der Waals surface area contributed by atoms with Crippen LogP contribution in [0.25, 0.3) is 0 Å². The molecule has 208 valence electrons. The topological polar surface area (TPSA) is 129 Å². The molecule has 0 aliphatic carbocycles. The third kappa shape index (κ3) is 7.35. The third-order valence-corrected chi connectivity index (χ3v) is 6.83. The van der Waals surface area contributed by atoms with Crippen LogP contribution in [0.15, 0.2) is 36.4 Å². The second kappa shape index (κ2) is 12.0. The minimum atomic E-state index is -4.47. The van der Waals surface area contributed by atoms with Crippen LogP contribution in [-0.2, 0) is 6.18 Å². The Labute approximate surface area is 223 Å². The summed E-state index contributed by atoms with van der Waals surface area (Å²) in [6, 6.07) is 7.08. The van der Waals surface area contributed by atoms with Crippen LogP contribution < -0.4 is 30.9 Å². The van der Waals surface area contributed by atoms with Crippen LogP contribution in [0.3, 0.4) is 0 Å². The van der Waals surface area contributed by atoms with Crippen LogP contribution >= 0.6 is 11.6 Å². The molecule has 13 heteroatoms. The molecule has 0 aromatic heterocycles. The number of nitrogens with one attached hydrogen (secondary N) is 2. The number of likely N-dealkylation sites (tertiary alicyclic amines) is 1. The molecular formula is C25H29ClF3N4O5-. The molecule has 2 aromatic rings. The van der Waals surface area contributed by atoms with Gasteiger partial charge in [-0.3, -0.25) is 9.69 Å². The van der Waals surface area contributed by atoms with E-state index in [0.717, 1.165) is 12.1 Å². The second-order valence-electron chi connectivity index (χ2n) is 9.21. The first-order valence-corrected chi connectivity index (χ1v) is 12.2. The van der Waals surface area contributed by atoms with Crippen molar-refractivity contribution in [1.82, 2.24) is 15.5 Å². The molecule has 4 N–H and O–H groups in total. The molecule has 1 aliphatic heterocycles. The third-order valence-electron chi connectivity index (χ3n) is 6.50. The van der Waals surface area contributed by atoms with Gasteiger partial charge < -0.3 is 35.7 Å². The highest BCUT2D eigenvalue weighted by Gasteiger charge is 2.36. The number of rotatable bonds is 9. The standard InChI is InChI=1S/C25H30ClF3N4O5/c1-24(32-23(35)36,14-38-17-5-3-16(4-6-17)25(27,28)29)33-9-7-15(8-10-33)13-31-22(34)18-11-19(26)20(30)12-21(18)37-2/h3-6,11-12,15,32H,7-10,13-14,30H2,1-2H3,(H,31,34)(H,35,36)/p-1. The molecule has 1 saturated heterocycles. The molecule has 9 nitrogen and oxygen atoms in total. The number of alkyl halides is 3. The highest BCUT2D eigenvalue weighted by atomic mass is 35.5. The number of hydrogen-bond acceptors (Lipinski definition) is 7. The number of nitrogens with two attached hydrogens (primary N) is 1.